The summed E-state index contributed by atoms with van der Waals surface area (Å²) < 4.78 is 23.7. The Morgan fingerprint density at radius 1 is 1.30 bits per heavy atom. The van der Waals surface area contributed by atoms with E-state index in [9.17, 15) is 13.2 Å². The van der Waals surface area contributed by atoms with Crippen LogP contribution in [-0.4, -0.2) is 25.3 Å². The Kier molecular flexibility index (Phi) is 5.05. The fraction of sp³-hybridized carbons (Fsp3) is 0.500. The Morgan fingerprint density at radius 2 is 2.05 bits per heavy atom. The molecule has 1 aromatic rings. The minimum atomic E-state index is -3.27. The van der Waals surface area contributed by atoms with Crippen molar-refractivity contribution in [3.63, 3.8) is 0 Å². The third-order valence-electron chi connectivity index (χ3n) is 3.48. The highest BCUT2D eigenvalue weighted by molar-refractivity contribution is 7.92. The first-order valence-electron chi connectivity index (χ1n) is 6.66. The van der Waals surface area contributed by atoms with Crippen LogP contribution in [0.1, 0.15) is 30.4 Å². The number of nitrogens with one attached hydrogen (secondary N) is 1. The van der Waals surface area contributed by atoms with Gasteiger partial charge in [0.25, 0.3) is 0 Å². The van der Waals surface area contributed by atoms with E-state index in [-0.39, 0.29) is 11.7 Å². The van der Waals surface area contributed by atoms with Crippen LogP contribution in [0.2, 0.25) is 0 Å². The maximum atomic E-state index is 12.0. The molecule has 1 N–H and O–H groups in total. The second kappa shape index (κ2) is 6.59. The number of amides is 1. The molecule has 20 heavy (non-hydrogen) atoms. The molecule has 1 saturated heterocycles. The van der Waals surface area contributed by atoms with Crippen LogP contribution in [0.15, 0.2) is 24.3 Å². The van der Waals surface area contributed by atoms with Crippen LogP contribution < -0.4 is 5.32 Å². The molecule has 1 aliphatic rings. The van der Waals surface area contributed by atoms with E-state index in [1.54, 1.807) is 0 Å². The van der Waals surface area contributed by atoms with Crippen molar-refractivity contribution in [2.75, 3.05) is 5.75 Å². The van der Waals surface area contributed by atoms with Crippen molar-refractivity contribution in [2.45, 2.75) is 36.9 Å². The standard InChI is InChI=1S/C14H18ClNO3S/c15-9-11-4-3-5-12(8-11)10-16-14(17)13-6-1-2-7-20(13,18)19/h3-5,8,13H,1-2,6-7,9-10H2,(H,16,17). The van der Waals surface area contributed by atoms with E-state index in [2.05, 4.69) is 5.32 Å². The van der Waals surface area contributed by atoms with Crippen LogP contribution in [-0.2, 0) is 27.1 Å². The smallest absolute Gasteiger partial charge is 0.238 e. The van der Waals surface area contributed by atoms with Crippen LogP contribution in [0.25, 0.3) is 0 Å². The largest absolute Gasteiger partial charge is 0.351 e. The number of hydrogen-bond donors (Lipinski definition) is 1. The molecule has 6 heteroatoms. The van der Waals surface area contributed by atoms with E-state index in [1.807, 2.05) is 24.3 Å². The van der Waals surface area contributed by atoms with Gasteiger partial charge in [-0.3, -0.25) is 4.79 Å². The highest BCUT2D eigenvalue weighted by Gasteiger charge is 2.34. The number of halogens is 1. The molecule has 0 aliphatic carbocycles. The fourth-order valence-electron chi connectivity index (χ4n) is 2.37. The van der Waals surface area contributed by atoms with Crippen molar-refractivity contribution in [2.24, 2.45) is 0 Å². The van der Waals surface area contributed by atoms with Crippen LogP contribution in [0.5, 0.6) is 0 Å². The molecule has 110 valence electrons. The third-order valence-corrected chi connectivity index (χ3v) is 5.97. The zero-order chi connectivity index (χ0) is 14.6. The summed E-state index contributed by atoms with van der Waals surface area (Å²) in [6.45, 7) is 0.329. The van der Waals surface area contributed by atoms with Gasteiger partial charge in [-0.05, 0) is 24.0 Å². The summed E-state index contributed by atoms with van der Waals surface area (Å²) in [6.07, 6.45) is 1.87. The molecule has 2 rings (SSSR count). The van der Waals surface area contributed by atoms with E-state index < -0.39 is 15.1 Å². The molecule has 1 atom stereocenters. The molecule has 0 radical (unpaired) electrons. The highest BCUT2D eigenvalue weighted by atomic mass is 35.5. The Bertz CT molecular complexity index is 586. The van der Waals surface area contributed by atoms with Crippen molar-refractivity contribution in [1.82, 2.24) is 5.32 Å². The lowest BCUT2D eigenvalue weighted by Gasteiger charge is -2.21. The molecule has 1 fully saturated rings. The summed E-state index contributed by atoms with van der Waals surface area (Å²) in [5.74, 6) is 0.145. The minimum Gasteiger partial charge on any atom is -0.351 e. The second-order valence-electron chi connectivity index (χ2n) is 5.02. The summed E-state index contributed by atoms with van der Waals surface area (Å²) in [4.78, 5) is 12.0. The number of benzene rings is 1. The summed E-state index contributed by atoms with van der Waals surface area (Å²) >= 11 is 5.75. The van der Waals surface area contributed by atoms with Gasteiger partial charge in [-0.1, -0.05) is 30.7 Å². The zero-order valence-corrected chi connectivity index (χ0v) is 12.7. The lowest BCUT2D eigenvalue weighted by Crippen LogP contribution is -2.42. The van der Waals surface area contributed by atoms with E-state index in [1.165, 1.54) is 0 Å². The topological polar surface area (TPSA) is 63.2 Å². The van der Waals surface area contributed by atoms with Gasteiger partial charge in [0, 0.05) is 12.4 Å². The second-order valence-corrected chi connectivity index (χ2v) is 7.59. The average molecular weight is 316 g/mol. The van der Waals surface area contributed by atoms with E-state index >= 15 is 0 Å². The first-order valence-corrected chi connectivity index (χ1v) is 8.91. The zero-order valence-electron chi connectivity index (χ0n) is 11.1. The minimum absolute atomic E-state index is 0.118. The van der Waals surface area contributed by atoms with E-state index in [4.69, 9.17) is 11.6 Å². The maximum absolute atomic E-state index is 12.0. The van der Waals surface area contributed by atoms with E-state index in [0.29, 0.717) is 25.3 Å². The molecular formula is C14H18ClNO3S. The lowest BCUT2D eigenvalue weighted by molar-refractivity contribution is -0.121. The van der Waals surface area contributed by atoms with Crippen molar-refractivity contribution in [1.29, 1.82) is 0 Å². The molecule has 1 aliphatic heterocycles. The monoisotopic (exact) mass is 315 g/mol. The molecule has 1 unspecified atom stereocenters. The quantitative estimate of drug-likeness (QED) is 0.865. The van der Waals surface area contributed by atoms with Crippen LogP contribution in [0.4, 0.5) is 0 Å². The number of carbonyl (C=O) groups is 1. The van der Waals surface area contributed by atoms with Crippen LogP contribution >= 0.6 is 11.6 Å². The SMILES string of the molecule is O=C(NCc1cccc(CCl)c1)C1CCCCS1(=O)=O. The molecule has 1 heterocycles. The number of alkyl halides is 1. The summed E-state index contributed by atoms with van der Waals surface area (Å²) in [7, 11) is -3.27. The average Bonchev–Trinajstić information content (AvgIpc) is 2.44. The van der Waals surface area contributed by atoms with Gasteiger partial charge in [0.05, 0.1) is 5.75 Å². The highest BCUT2D eigenvalue weighted by Crippen LogP contribution is 2.19. The Balaban J connectivity index is 1.97. The van der Waals surface area contributed by atoms with Gasteiger partial charge in [0.1, 0.15) is 5.25 Å². The summed E-state index contributed by atoms with van der Waals surface area (Å²) in [5, 5.41) is 1.83. The van der Waals surface area contributed by atoms with Crippen molar-refractivity contribution in [3.8, 4) is 0 Å². The van der Waals surface area contributed by atoms with Crippen molar-refractivity contribution in [3.05, 3.63) is 35.4 Å². The fourth-order valence-corrected chi connectivity index (χ4v) is 4.37. The summed E-state index contributed by atoms with van der Waals surface area (Å²) in [6, 6.07) is 7.56. The first kappa shape index (κ1) is 15.3. The molecule has 0 aromatic heterocycles. The summed E-state index contributed by atoms with van der Waals surface area (Å²) in [5.41, 5.74) is 1.90. The van der Waals surface area contributed by atoms with Crippen molar-refractivity contribution < 1.29 is 13.2 Å². The van der Waals surface area contributed by atoms with Gasteiger partial charge < -0.3 is 5.32 Å². The first-order chi connectivity index (χ1) is 9.53. The van der Waals surface area contributed by atoms with E-state index in [0.717, 1.165) is 17.5 Å². The van der Waals surface area contributed by atoms with Gasteiger partial charge in [-0.25, -0.2) is 8.42 Å². The molecular weight excluding hydrogens is 298 g/mol. The van der Waals surface area contributed by atoms with Gasteiger partial charge in [-0.15, -0.1) is 11.6 Å². The van der Waals surface area contributed by atoms with Crippen molar-refractivity contribution >= 4 is 27.3 Å². The number of carbonyl (C=O) groups excluding carboxylic acids is 1. The van der Waals surface area contributed by atoms with Gasteiger partial charge in [0.2, 0.25) is 5.91 Å². The van der Waals surface area contributed by atoms with Crippen LogP contribution in [0, 0.1) is 0 Å². The molecule has 0 bridgehead atoms. The molecule has 0 spiro atoms. The van der Waals surface area contributed by atoms with Gasteiger partial charge in [-0.2, -0.15) is 0 Å². The number of hydrogen-bond acceptors (Lipinski definition) is 3. The number of rotatable bonds is 4. The number of sulfone groups is 1. The molecule has 4 nitrogen and oxygen atoms in total. The lowest BCUT2D eigenvalue weighted by atomic mass is 10.1. The third kappa shape index (κ3) is 3.73. The Labute approximate surface area is 124 Å². The predicted octanol–water partition coefficient (Wildman–Crippen LogP) is 2.01. The Hall–Kier alpha value is -1.07. The maximum Gasteiger partial charge on any atom is 0.238 e. The molecule has 1 aromatic carbocycles. The molecule has 0 saturated carbocycles. The Morgan fingerprint density at radius 3 is 2.75 bits per heavy atom. The predicted molar refractivity (Wildman–Crippen MR) is 79.3 cm³/mol. The molecule has 1 amide bonds. The van der Waals surface area contributed by atoms with Gasteiger partial charge >= 0.3 is 0 Å². The van der Waals surface area contributed by atoms with Crippen LogP contribution in [0.3, 0.4) is 0 Å². The normalized spacial score (nSPS) is 21.4. The van der Waals surface area contributed by atoms with Gasteiger partial charge in [0.15, 0.2) is 9.84 Å².